The predicted octanol–water partition coefficient (Wildman–Crippen LogP) is 2.02. The van der Waals surface area contributed by atoms with E-state index in [0.717, 1.165) is 0 Å². The fourth-order valence-electron chi connectivity index (χ4n) is 2.04. The van der Waals surface area contributed by atoms with E-state index in [4.69, 9.17) is 4.74 Å². The second kappa shape index (κ2) is 8.66. The van der Waals surface area contributed by atoms with Gasteiger partial charge in [0.15, 0.2) is 0 Å². The lowest BCUT2D eigenvalue weighted by molar-refractivity contribution is -0.119. The number of halogens is 1. The minimum absolute atomic E-state index is 0.101. The summed E-state index contributed by atoms with van der Waals surface area (Å²) >= 11 is 0. The zero-order valence-electron chi connectivity index (χ0n) is 12.3. The van der Waals surface area contributed by atoms with E-state index in [0.29, 0.717) is 25.3 Å². The van der Waals surface area contributed by atoms with Gasteiger partial charge in [-0.25, -0.2) is 4.39 Å². The van der Waals surface area contributed by atoms with E-state index < -0.39 is 6.04 Å². The monoisotopic (exact) mass is 282 g/mol. The first-order valence-corrected chi connectivity index (χ1v) is 6.89. The lowest BCUT2D eigenvalue weighted by atomic mass is 9.99. The van der Waals surface area contributed by atoms with Crippen molar-refractivity contribution in [2.75, 3.05) is 19.8 Å². The molecular formula is C15H23FN2O2. The smallest absolute Gasteiger partial charge is 0.217 e. The van der Waals surface area contributed by atoms with E-state index in [2.05, 4.69) is 10.6 Å². The fraction of sp³-hybridized carbons (Fsp3) is 0.533. The van der Waals surface area contributed by atoms with Crippen molar-refractivity contribution in [3.63, 3.8) is 0 Å². The Balaban J connectivity index is 2.73. The molecule has 2 unspecified atom stereocenters. The maximum atomic E-state index is 13.9. The van der Waals surface area contributed by atoms with Gasteiger partial charge in [0.2, 0.25) is 5.91 Å². The first kappa shape index (κ1) is 16.6. The molecule has 0 aromatic heterocycles. The van der Waals surface area contributed by atoms with Crippen LogP contribution in [0.15, 0.2) is 24.3 Å². The average Bonchev–Trinajstić information content (AvgIpc) is 2.41. The van der Waals surface area contributed by atoms with Crippen LogP contribution < -0.4 is 10.6 Å². The molecule has 1 aromatic rings. The normalized spacial score (nSPS) is 13.8. The van der Waals surface area contributed by atoms with Crippen molar-refractivity contribution in [1.82, 2.24) is 10.6 Å². The predicted molar refractivity (Wildman–Crippen MR) is 76.9 cm³/mol. The summed E-state index contributed by atoms with van der Waals surface area (Å²) in [6.07, 6.45) is 0. The maximum absolute atomic E-state index is 13.9. The van der Waals surface area contributed by atoms with Gasteiger partial charge in [0.1, 0.15) is 5.82 Å². The van der Waals surface area contributed by atoms with E-state index in [1.54, 1.807) is 18.2 Å². The SMILES string of the molecule is CCOCCNC(C)C(NC(C)=O)c1ccccc1F. The highest BCUT2D eigenvalue weighted by Gasteiger charge is 2.22. The third kappa shape index (κ3) is 5.27. The molecule has 0 saturated carbocycles. The van der Waals surface area contributed by atoms with E-state index in [-0.39, 0.29) is 17.8 Å². The summed E-state index contributed by atoms with van der Waals surface area (Å²) in [5.74, 6) is -0.499. The Bertz CT molecular complexity index is 426. The Morgan fingerprint density at radius 2 is 2.10 bits per heavy atom. The molecule has 0 aliphatic rings. The van der Waals surface area contributed by atoms with Crippen LogP contribution in [0.4, 0.5) is 4.39 Å². The number of nitrogens with one attached hydrogen (secondary N) is 2. The molecule has 2 N–H and O–H groups in total. The van der Waals surface area contributed by atoms with Gasteiger partial charge in [-0.3, -0.25) is 4.79 Å². The van der Waals surface area contributed by atoms with E-state index in [1.165, 1.54) is 13.0 Å². The molecule has 5 heteroatoms. The van der Waals surface area contributed by atoms with Crippen molar-refractivity contribution in [2.45, 2.75) is 32.9 Å². The largest absolute Gasteiger partial charge is 0.380 e. The topological polar surface area (TPSA) is 50.4 Å². The van der Waals surface area contributed by atoms with Crippen LogP contribution in [0.3, 0.4) is 0 Å². The summed E-state index contributed by atoms with van der Waals surface area (Å²) in [5.41, 5.74) is 0.485. The zero-order chi connectivity index (χ0) is 15.0. The number of hydrogen-bond acceptors (Lipinski definition) is 3. The van der Waals surface area contributed by atoms with Crippen LogP contribution in [0, 0.1) is 5.82 Å². The number of amides is 1. The quantitative estimate of drug-likeness (QED) is 0.717. The molecule has 0 saturated heterocycles. The molecule has 0 aliphatic heterocycles. The molecule has 20 heavy (non-hydrogen) atoms. The lowest BCUT2D eigenvalue weighted by Gasteiger charge is -2.26. The molecule has 0 bridgehead atoms. The Hall–Kier alpha value is -1.46. The molecule has 0 heterocycles. The molecule has 0 radical (unpaired) electrons. The Morgan fingerprint density at radius 3 is 2.70 bits per heavy atom. The molecule has 1 amide bonds. The molecule has 4 nitrogen and oxygen atoms in total. The third-order valence-corrected chi connectivity index (χ3v) is 3.02. The fourth-order valence-corrected chi connectivity index (χ4v) is 2.04. The van der Waals surface area contributed by atoms with Crippen molar-refractivity contribution >= 4 is 5.91 Å². The second-order valence-corrected chi connectivity index (χ2v) is 4.64. The Kier molecular flexibility index (Phi) is 7.18. The Morgan fingerprint density at radius 1 is 1.40 bits per heavy atom. The van der Waals surface area contributed by atoms with Gasteiger partial charge < -0.3 is 15.4 Å². The molecule has 2 atom stereocenters. The van der Waals surface area contributed by atoms with E-state index >= 15 is 0 Å². The average molecular weight is 282 g/mol. The van der Waals surface area contributed by atoms with Gasteiger partial charge in [0.05, 0.1) is 12.6 Å². The molecule has 0 aliphatic carbocycles. The summed E-state index contributed by atoms with van der Waals surface area (Å²) < 4.78 is 19.1. The first-order chi connectivity index (χ1) is 9.56. The number of carbonyl (C=O) groups is 1. The van der Waals surface area contributed by atoms with Gasteiger partial charge in [-0.2, -0.15) is 0 Å². The second-order valence-electron chi connectivity index (χ2n) is 4.64. The van der Waals surface area contributed by atoms with Crippen LogP contribution in [0.25, 0.3) is 0 Å². The maximum Gasteiger partial charge on any atom is 0.217 e. The number of carbonyl (C=O) groups excluding carboxylic acids is 1. The standard InChI is InChI=1S/C15H23FN2O2/c1-4-20-10-9-17-11(2)15(18-12(3)19)13-7-5-6-8-14(13)16/h5-8,11,15,17H,4,9-10H2,1-3H3,(H,18,19). The molecule has 112 valence electrons. The van der Waals surface area contributed by atoms with Crippen molar-refractivity contribution < 1.29 is 13.9 Å². The zero-order valence-corrected chi connectivity index (χ0v) is 12.3. The Labute approximate surface area is 119 Å². The minimum Gasteiger partial charge on any atom is -0.380 e. The van der Waals surface area contributed by atoms with E-state index in [1.807, 2.05) is 13.8 Å². The molecule has 0 fully saturated rings. The third-order valence-electron chi connectivity index (χ3n) is 3.02. The van der Waals surface area contributed by atoms with E-state index in [9.17, 15) is 9.18 Å². The molecule has 1 rings (SSSR count). The minimum atomic E-state index is -0.407. The van der Waals surface area contributed by atoms with Gasteiger partial charge in [-0.15, -0.1) is 0 Å². The number of rotatable bonds is 8. The molecular weight excluding hydrogens is 259 g/mol. The first-order valence-electron chi connectivity index (χ1n) is 6.89. The molecule has 0 spiro atoms. The van der Waals surface area contributed by atoms with Gasteiger partial charge in [-0.1, -0.05) is 18.2 Å². The van der Waals surface area contributed by atoms with Gasteiger partial charge in [0.25, 0.3) is 0 Å². The highest BCUT2D eigenvalue weighted by molar-refractivity contribution is 5.73. The van der Waals surface area contributed by atoms with Gasteiger partial charge >= 0.3 is 0 Å². The number of hydrogen-bond donors (Lipinski definition) is 2. The van der Waals surface area contributed by atoms with Crippen molar-refractivity contribution in [3.8, 4) is 0 Å². The van der Waals surface area contributed by atoms with Crippen LogP contribution in [-0.4, -0.2) is 31.7 Å². The van der Waals surface area contributed by atoms with Crippen LogP contribution in [-0.2, 0) is 9.53 Å². The van der Waals surface area contributed by atoms with Crippen LogP contribution in [0.2, 0.25) is 0 Å². The van der Waals surface area contributed by atoms with Crippen LogP contribution >= 0.6 is 0 Å². The van der Waals surface area contributed by atoms with Crippen LogP contribution in [0.5, 0.6) is 0 Å². The highest BCUT2D eigenvalue weighted by Crippen LogP contribution is 2.20. The van der Waals surface area contributed by atoms with Crippen LogP contribution in [0.1, 0.15) is 32.4 Å². The van der Waals surface area contributed by atoms with Crippen molar-refractivity contribution in [2.24, 2.45) is 0 Å². The summed E-state index contributed by atoms with van der Waals surface area (Å²) in [6.45, 7) is 7.19. The summed E-state index contributed by atoms with van der Waals surface area (Å²) in [7, 11) is 0. The summed E-state index contributed by atoms with van der Waals surface area (Å²) in [5, 5.41) is 6.04. The molecule has 1 aromatic carbocycles. The number of benzene rings is 1. The summed E-state index contributed by atoms with van der Waals surface area (Å²) in [6, 6.07) is 5.98. The van der Waals surface area contributed by atoms with Gasteiger partial charge in [0, 0.05) is 31.7 Å². The van der Waals surface area contributed by atoms with Crippen molar-refractivity contribution in [3.05, 3.63) is 35.6 Å². The highest BCUT2D eigenvalue weighted by atomic mass is 19.1. The number of ether oxygens (including phenoxy) is 1. The summed E-state index contributed by atoms with van der Waals surface area (Å²) in [4.78, 5) is 11.3. The van der Waals surface area contributed by atoms with Crippen molar-refractivity contribution in [1.29, 1.82) is 0 Å². The lowest BCUT2D eigenvalue weighted by Crippen LogP contribution is -2.43. The van der Waals surface area contributed by atoms with Gasteiger partial charge in [-0.05, 0) is 19.9 Å².